The maximum absolute atomic E-state index is 13.0. The minimum absolute atomic E-state index is 0.0431. The first-order valence-corrected chi connectivity index (χ1v) is 9.74. The van der Waals surface area contributed by atoms with Crippen LogP contribution in [0, 0.1) is 5.82 Å². The molecule has 26 heavy (non-hydrogen) atoms. The van der Waals surface area contributed by atoms with Crippen molar-refractivity contribution in [2.24, 2.45) is 0 Å². The van der Waals surface area contributed by atoms with Crippen molar-refractivity contribution in [1.29, 1.82) is 0 Å². The summed E-state index contributed by atoms with van der Waals surface area (Å²) in [5.74, 6) is -0.0105. The third-order valence-electron chi connectivity index (χ3n) is 4.81. The molecule has 6 heteroatoms. The standard InChI is InChI=1S/C20H23FN2O2S/c1-15(16-4-6-17(21)7-5-16)13-19(24)22-8-10-23(11-9-22)20(25)14-18-3-2-12-26-18/h2-7,12,15H,8-11,13-14H2,1H3. The van der Waals surface area contributed by atoms with Gasteiger partial charge in [-0.25, -0.2) is 4.39 Å². The molecule has 1 aliphatic rings. The van der Waals surface area contributed by atoms with Crippen molar-refractivity contribution in [3.63, 3.8) is 0 Å². The number of halogens is 1. The van der Waals surface area contributed by atoms with E-state index in [1.807, 2.05) is 34.2 Å². The Morgan fingerprint density at radius 3 is 2.23 bits per heavy atom. The summed E-state index contributed by atoms with van der Waals surface area (Å²) in [4.78, 5) is 29.6. The normalized spacial score (nSPS) is 15.8. The Kier molecular flexibility index (Phi) is 6.04. The van der Waals surface area contributed by atoms with Gasteiger partial charge in [0.25, 0.3) is 0 Å². The van der Waals surface area contributed by atoms with Gasteiger partial charge in [0.15, 0.2) is 0 Å². The van der Waals surface area contributed by atoms with Crippen molar-refractivity contribution in [1.82, 2.24) is 9.80 Å². The predicted octanol–water partition coefficient (Wildman–Crippen LogP) is 3.29. The Labute approximate surface area is 157 Å². The van der Waals surface area contributed by atoms with Crippen LogP contribution in [0.15, 0.2) is 41.8 Å². The Balaban J connectivity index is 1.47. The lowest BCUT2D eigenvalue weighted by Crippen LogP contribution is -2.51. The van der Waals surface area contributed by atoms with Crippen molar-refractivity contribution in [2.45, 2.75) is 25.7 Å². The van der Waals surface area contributed by atoms with Crippen LogP contribution < -0.4 is 0 Å². The molecule has 3 rings (SSSR count). The van der Waals surface area contributed by atoms with E-state index in [-0.39, 0.29) is 23.5 Å². The third-order valence-corrected chi connectivity index (χ3v) is 5.69. The highest BCUT2D eigenvalue weighted by molar-refractivity contribution is 7.10. The Hall–Kier alpha value is -2.21. The molecule has 138 valence electrons. The quantitative estimate of drug-likeness (QED) is 0.806. The second kappa shape index (κ2) is 8.45. The first kappa shape index (κ1) is 18.6. The number of thiophene rings is 1. The fraction of sp³-hybridized carbons (Fsp3) is 0.400. The fourth-order valence-corrected chi connectivity index (χ4v) is 3.88. The summed E-state index contributed by atoms with van der Waals surface area (Å²) in [7, 11) is 0. The number of carbonyl (C=O) groups excluding carboxylic acids is 2. The molecule has 1 aliphatic heterocycles. The highest BCUT2D eigenvalue weighted by Crippen LogP contribution is 2.21. The zero-order valence-corrected chi connectivity index (χ0v) is 15.7. The second-order valence-electron chi connectivity index (χ2n) is 6.67. The molecule has 0 saturated carbocycles. The molecule has 0 bridgehead atoms. The van der Waals surface area contributed by atoms with Gasteiger partial charge >= 0.3 is 0 Å². The van der Waals surface area contributed by atoms with Crippen LogP contribution in [0.4, 0.5) is 4.39 Å². The van der Waals surface area contributed by atoms with Crippen LogP contribution in [0.25, 0.3) is 0 Å². The average molecular weight is 374 g/mol. The van der Waals surface area contributed by atoms with Gasteiger partial charge < -0.3 is 9.80 Å². The Morgan fingerprint density at radius 2 is 1.65 bits per heavy atom. The summed E-state index contributed by atoms with van der Waals surface area (Å²) in [6, 6.07) is 10.2. The smallest absolute Gasteiger partial charge is 0.227 e. The van der Waals surface area contributed by atoms with Gasteiger partial charge in [-0.2, -0.15) is 0 Å². The van der Waals surface area contributed by atoms with E-state index >= 15 is 0 Å². The van der Waals surface area contributed by atoms with E-state index < -0.39 is 0 Å². The average Bonchev–Trinajstić information content (AvgIpc) is 3.15. The van der Waals surface area contributed by atoms with Crippen LogP contribution in [0.1, 0.15) is 29.7 Å². The van der Waals surface area contributed by atoms with Crippen LogP contribution in [-0.2, 0) is 16.0 Å². The molecule has 2 heterocycles. The lowest BCUT2D eigenvalue weighted by Gasteiger charge is -2.35. The van der Waals surface area contributed by atoms with E-state index in [0.29, 0.717) is 39.0 Å². The van der Waals surface area contributed by atoms with E-state index in [1.54, 1.807) is 23.5 Å². The van der Waals surface area contributed by atoms with Crippen molar-refractivity contribution in [3.8, 4) is 0 Å². The molecule has 0 aliphatic carbocycles. The van der Waals surface area contributed by atoms with Gasteiger partial charge in [0, 0.05) is 37.5 Å². The van der Waals surface area contributed by atoms with Gasteiger partial charge in [-0.15, -0.1) is 11.3 Å². The van der Waals surface area contributed by atoms with Gasteiger partial charge in [0.2, 0.25) is 11.8 Å². The number of carbonyl (C=O) groups is 2. The molecule has 1 aromatic carbocycles. The first-order chi connectivity index (χ1) is 12.5. The van der Waals surface area contributed by atoms with Crippen molar-refractivity contribution in [2.75, 3.05) is 26.2 Å². The Bertz CT molecular complexity index is 738. The van der Waals surface area contributed by atoms with Gasteiger partial charge in [-0.3, -0.25) is 9.59 Å². The summed E-state index contributed by atoms with van der Waals surface area (Å²) in [6.07, 6.45) is 0.835. The SMILES string of the molecule is CC(CC(=O)N1CCN(C(=O)Cc2cccs2)CC1)c1ccc(F)cc1. The topological polar surface area (TPSA) is 40.6 Å². The molecule has 1 unspecified atom stereocenters. The van der Waals surface area contributed by atoms with Crippen LogP contribution in [0.3, 0.4) is 0 Å². The van der Waals surface area contributed by atoms with E-state index in [1.165, 1.54) is 12.1 Å². The maximum Gasteiger partial charge on any atom is 0.227 e. The van der Waals surface area contributed by atoms with Crippen LogP contribution in [0.2, 0.25) is 0 Å². The molecular formula is C20H23FN2O2S. The van der Waals surface area contributed by atoms with Crippen molar-refractivity contribution < 1.29 is 14.0 Å². The summed E-state index contributed by atoms with van der Waals surface area (Å²) in [5.41, 5.74) is 0.963. The zero-order chi connectivity index (χ0) is 18.5. The monoisotopic (exact) mass is 374 g/mol. The molecule has 0 radical (unpaired) electrons. The molecule has 4 nitrogen and oxygen atoms in total. The molecular weight excluding hydrogens is 351 g/mol. The lowest BCUT2D eigenvalue weighted by molar-refractivity contribution is -0.139. The summed E-state index contributed by atoms with van der Waals surface area (Å²) >= 11 is 1.59. The minimum atomic E-state index is -0.268. The van der Waals surface area contributed by atoms with E-state index in [4.69, 9.17) is 0 Å². The van der Waals surface area contributed by atoms with E-state index in [2.05, 4.69) is 0 Å². The summed E-state index contributed by atoms with van der Waals surface area (Å²) < 4.78 is 13.0. The number of nitrogens with zero attached hydrogens (tertiary/aromatic N) is 2. The molecule has 1 aromatic heterocycles. The van der Waals surface area contributed by atoms with Crippen LogP contribution in [0.5, 0.6) is 0 Å². The second-order valence-corrected chi connectivity index (χ2v) is 7.71. The van der Waals surface area contributed by atoms with Crippen molar-refractivity contribution >= 4 is 23.2 Å². The Morgan fingerprint density at radius 1 is 1.04 bits per heavy atom. The van der Waals surface area contributed by atoms with Crippen molar-refractivity contribution in [3.05, 3.63) is 58.0 Å². The number of benzene rings is 1. The van der Waals surface area contributed by atoms with Gasteiger partial charge in [-0.05, 0) is 35.1 Å². The number of rotatable bonds is 5. The lowest BCUT2D eigenvalue weighted by atomic mass is 9.97. The van der Waals surface area contributed by atoms with Crippen LogP contribution in [-0.4, -0.2) is 47.8 Å². The molecule has 1 fully saturated rings. The fourth-order valence-electron chi connectivity index (χ4n) is 3.18. The van der Waals surface area contributed by atoms with Crippen LogP contribution >= 0.6 is 11.3 Å². The minimum Gasteiger partial charge on any atom is -0.339 e. The highest BCUT2D eigenvalue weighted by atomic mass is 32.1. The molecule has 0 N–H and O–H groups in total. The number of hydrogen-bond donors (Lipinski definition) is 0. The molecule has 2 aromatic rings. The summed E-state index contributed by atoms with van der Waals surface area (Å²) in [6.45, 7) is 4.30. The van der Waals surface area contributed by atoms with Gasteiger partial charge in [0.1, 0.15) is 5.82 Å². The summed E-state index contributed by atoms with van der Waals surface area (Å²) in [5, 5.41) is 1.97. The number of amides is 2. The first-order valence-electron chi connectivity index (χ1n) is 8.86. The number of piperazine rings is 1. The van der Waals surface area contributed by atoms with Gasteiger partial charge in [-0.1, -0.05) is 25.1 Å². The highest BCUT2D eigenvalue weighted by Gasteiger charge is 2.25. The maximum atomic E-state index is 13.0. The molecule has 1 saturated heterocycles. The molecule has 1 atom stereocenters. The third kappa shape index (κ3) is 4.69. The largest absolute Gasteiger partial charge is 0.339 e. The number of hydrogen-bond acceptors (Lipinski definition) is 3. The molecule has 0 spiro atoms. The van der Waals surface area contributed by atoms with Gasteiger partial charge in [0.05, 0.1) is 6.42 Å². The molecule has 2 amide bonds. The zero-order valence-electron chi connectivity index (χ0n) is 14.9. The van der Waals surface area contributed by atoms with E-state index in [0.717, 1.165) is 10.4 Å². The predicted molar refractivity (Wildman–Crippen MR) is 101 cm³/mol. The van der Waals surface area contributed by atoms with E-state index in [9.17, 15) is 14.0 Å².